The van der Waals surface area contributed by atoms with Gasteiger partial charge in [-0.15, -0.1) is 0 Å². The molecular formula is C21H19ClN4O3. The lowest BCUT2D eigenvalue weighted by Gasteiger charge is -2.12. The molecule has 2 aromatic carbocycles. The van der Waals surface area contributed by atoms with Crippen LogP contribution in [0.3, 0.4) is 0 Å². The average Bonchev–Trinajstić information content (AvgIpc) is 3.15. The van der Waals surface area contributed by atoms with Crippen molar-refractivity contribution in [3.05, 3.63) is 79.6 Å². The van der Waals surface area contributed by atoms with E-state index in [4.69, 9.17) is 16.1 Å². The third-order valence-electron chi connectivity index (χ3n) is 4.52. The fourth-order valence-corrected chi connectivity index (χ4v) is 3.31. The highest BCUT2D eigenvalue weighted by molar-refractivity contribution is 6.30. The summed E-state index contributed by atoms with van der Waals surface area (Å²) in [6.07, 6.45) is 0.489. The van der Waals surface area contributed by atoms with Crippen LogP contribution in [0.1, 0.15) is 25.3 Å². The second-order valence-corrected chi connectivity index (χ2v) is 7.75. The minimum atomic E-state index is -0.646. The van der Waals surface area contributed by atoms with Crippen molar-refractivity contribution in [3.8, 4) is 11.4 Å². The van der Waals surface area contributed by atoms with Crippen LogP contribution in [0.4, 0.5) is 0 Å². The number of hydrogen-bond donors (Lipinski definition) is 1. The van der Waals surface area contributed by atoms with Crippen LogP contribution < -0.4 is 11.1 Å². The van der Waals surface area contributed by atoms with Gasteiger partial charge >= 0.3 is 11.1 Å². The number of halogens is 1. The minimum Gasteiger partial charge on any atom is -0.339 e. The van der Waals surface area contributed by atoms with Crippen LogP contribution in [-0.2, 0) is 13.0 Å². The average molecular weight is 411 g/mol. The molecule has 8 heteroatoms. The Bertz CT molecular complexity index is 1290. The molecule has 0 radical (unpaired) electrons. The maximum atomic E-state index is 12.2. The van der Waals surface area contributed by atoms with Gasteiger partial charge in [-0.05, 0) is 41.8 Å². The Morgan fingerprint density at radius 3 is 2.62 bits per heavy atom. The predicted octanol–water partition coefficient (Wildman–Crippen LogP) is 3.64. The van der Waals surface area contributed by atoms with E-state index in [1.807, 2.05) is 44.2 Å². The normalized spacial score (nSPS) is 11.4. The molecule has 0 bridgehead atoms. The van der Waals surface area contributed by atoms with E-state index >= 15 is 0 Å². The second-order valence-electron chi connectivity index (χ2n) is 7.31. The number of rotatable bonds is 5. The molecule has 0 unspecified atom stereocenters. The SMILES string of the molecule is CC(C)Cn1c(=O)c(=O)[nH]c2cc(-c3noc(Cc4ccc(Cl)cc4)n3)ccc21. The summed E-state index contributed by atoms with van der Waals surface area (Å²) in [5.74, 6) is 1.11. The summed E-state index contributed by atoms with van der Waals surface area (Å²) in [4.78, 5) is 31.4. The number of nitrogens with zero attached hydrogens (tertiary/aromatic N) is 3. The molecule has 0 spiro atoms. The fraction of sp³-hybridized carbons (Fsp3) is 0.238. The highest BCUT2D eigenvalue weighted by Crippen LogP contribution is 2.21. The molecule has 0 aliphatic carbocycles. The maximum Gasteiger partial charge on any atom is 0.316 e. The van der Waals surface area contributed by atoms with Gasteiger partial charge in [0.1, 0.15) is 0 Å². The van der Waals surface area contributed by atoms with E-state index in [0.29, 0.717) is 46.3 Å². The van der Waals surface area contributed by atoms with Gasteiger partial charge in [0.15, 0.2) is 0 Å². The number of fused-ring (bicyclic) bond motifs is 1. The van der Waals surface area contributed by atoms with Gasteiger partial charge in [-0.2, -0.15) is 4.98 Å². The van der Waals surface area contributed by atoms with Crippen LogP contribution >= 0.6 is 11.6 Å². The first-order valence-corrected chi connectivity index (χ1v) is 9.63. The lowest BCUT2D eigenvalue weighted by Crippen LogP contribution is -2.37. The lowest BCUT2D eigenvalue weighted by atomic mass is 10.1. The van der Waals surface area contributed by atoms with Crippen molar-refractivity contribution in [1.29, 1.82) is 0 Å². The Hall–Kier alpha value is -3.19. The first-order chi connectivity index (χ1) is 13.9. The van der Waals surface area contributed by atoms with Crippen molar-refractivity contribution >= 4 is 22.6 Å². The van der Waals surface area contributed by atoms with Crippen LogP contribution in [0.25, 0.3) is 22.4 Å². The van der Waals surface area contributed by atoms with E-state index in [0.717, 1.165) is 5.56 Å². The summed E-state index contributed by atoms with van der Waals surface area (Å²) >= 11 is 5.91. The van der Waals surface area contributed by atoms with Crippen molar-refractivity contribution in [2.45, 2.75) is 26.8 Å². The van der Waals surface area contributed by atoms with E-state index in [-0.39, 0.29) is 5.92 Å². The first-order valence-electron chi connectivity index (χ1n) is 9.25. The molecule has 4 rings (SSSR count). The van der Waals surface area contributed by atoms with Crippen molar-refractivity contribution in [3.63, 3.8) is 0 Å². The Balaban J connectivity index is 1.69. The quantitative estimate of drug-likeness (QED) is 0.507. The lowest BCUT2D eigenvalue weighted by molar-refractivity contribution is 0.385. The first kappa shape index (κ1) is 19.1. The Kier molecular flexibility index (Phi) is 5.07. The van der Waals surface area contributed by atoms with Crippen LogP contribution in [0.15, 0.2) is 56.6 Å². The molecular weight excluding hydrogens is 392 g/mol. The van der Waals surface area contributed by atoms with Crippen molar-refractivity contribution in [2.75, 3.05) is 0 Å². The van der Waals surface area contributed by atoms with Crippen LogP contribution in [0, 0.1) is 5.92 Å². The molecule has 2 heterocycles. The summed E-state index contributed by atoms with van der Waals surface area (Å²) in [6, 6.07) is 12.8. The molecule has 0 atom stereocenters. The summed E-state index contributed by atoms with van der Waals surface area (Å²) in [6.45, 7) is 4.46. The molecule has 0 amide bonds. The van der Waals surface area contributed by atoms with E-state index in [1.165, 1.54) is 4.57 Å². The highest BCUT2D eigenvalue weighted by atomic mass is 35.5. The van der Waals surface area contributed by atoms with Gasteiger partial charge in [-0.3, -0.25) is 9.59 Å². The zero-order valence-electron chi connectivity index (χ0n) is 16.0. The van der Waals surface area contributed by atoms with Crippen molar-refractivity contribution in [1.82, 2.24) is 19.7 Å². The second kappa shape index (κ2) is 7.67. The van der Waals surface area contributed by atoms with E-state index in [9.17, 15) is 9.59 Å². The number of aromatic amines is 1. The molecule has 148 valence electrons. The molecule has 1 N–H and O–H groups in total. The largest absolute Gasteiger partial charge is 0.339 e. The number of benzene rings is 2. The third-order valence-corrected chi connectivity index (χ3v) is 4.77. The monoisotopic (exact) mass is 410 g/mol. The van der Waals surface area contributed by atoms with Crippen molar-refractivity contribution < 1.29 is 4.52 Å². The topological polar surface area (TPSA) is 93.8 Å². The van der Waals surface area contributed by atoms with Gasteiger partial charge in [0.2, 0.25) is 11.7 Å². The summed E-state index contributed by atoms with van der Waals surface area (Å²) < 4.78 is 6.87. The zero-order valence-corrected chi connectivity index (χ0v) is 16.7. The van der Waals surface area contributed by atoms with Gasteiger partial charge in [-0.25, -0.2) is 0 Å². The van der Waals surface area contributed by atoms with E-state index in [2.05, 4.69) is 15.1 Å². The van der Waals surface area contributed by atoms with E-state index < -0.39 is 11.1 Å². The highest BCUT2D eigenvalue weighted by Gasteiger charge is 2.13. The molecule has 4 aromatic rings. The third kappa shape index (κ3) is 4.00. The summed E-state index contributed by atoms with van der Waals surface area (Å²) in [5.41, 5.74) is 1.71. The molecule has 0 saturated heterocycles. The number of nitrogens with one attached hydrogen (secondary N) is 1. The van der Waals surface area contributed by atoms with Gasteiger partial charge in [-0.1, -0.05) is 42.7 Å². The summed E-state index contributed by atoms with van der Waals surface area (Å²) in [5, 5.41) is 4.71. The van der Waals surface area contributed by atoms with Gasteiger partial charge in [0.05, 0.1) is 17.5 Å². The molecule has 0 saturated carbocycles. The molecule has 29 heavy (non-hydrogen) atoms. The maximum absolute atomic E-state index is 12.2. The fourth-order valence-electron chi connectivity index (χ4n) is 3.19. The number of aromatic nitrogens is 4. The molecule has 0 aliphatic heterocycles. The van der Waals surface area contributed by atoms with Crippen LogP contribution in [0.2, 0.25) is 5.02 Å². The standard InChI is InChI=1S/C21H19ClN4O3/c1-12(2)11-26-17-8-5-14(10-16(17)23-20(27)21(26)28)19-24-18(29-25-19)9-13-3-6-15(22)7-4-13/h3-8,10,12H,9,11H2,1-2H3,(H,23,27). The molecule has 7 nitrogen and oxygen atoms in total. The van der Waals surface area contributed by atoms with E-state index in [1.54, 1.807) is 12.1 Å². The number of hydrogen-bond acceptors (Lipinski definition) is 5. The molecule has 2 aromatic heterocycles. The Morgan fingerprint density at radius 2 is 1.90 bits per heavy atom. The van der Waals surface area contributed by atoms with Crippen molar-refractivity contribution in [2.24, 2.45) is 5.92 Å². The predicted molar refractivity (Wildman–Crippen MR) is 111 cm³/mol. The minimum absolute atomic E-state index is 0.227. The molecule has 0 aliphatic rings. The Morgan fingerprint density at radius 1 is 1.14 bits per heavy atom. The Labute approximate surface area is 171 Å². The molecule has 0 fully saturated rings. The van der Waals surface area contributed by atoms with Gasteiger partial charge in [0.25, 0.3) is 0 Å². The van der Waals surface area contributed by atoms with Gasteiger partial charge in [0, 0.05) is 17.1 Å². The smallest absolute Gasteiger partial charge is 0.316 e. The van der Waals surface area contributed by atoms with Crippen LogP contribution in [0.5, 0.6) is 0 Å². The number of H-pyrrole nitrogens is 1. The summed E-state index contributed by atoms with van der Waals surface area (Å²) in [7, 11) is 0. The van der Waals surface area contributed by atoms with Gasteiger partial charge < -0.3 is 14.1 Å². The van der Waals surface area contributed by atoms with Crippen LogP contribution in [-0.4, -0.2) is 19.7 Å². The zero-order chi connectivity index (χ0) is 20.5.